The third-order valence-electron chi connectivity index (χ3n) is 2.14. The Balaban J connectivity index is 5.42. The molecule has 0 amide bonds. The Morgan fingerprint density at radius 1 is 0.750 bits per heavy atom. The van der Waals surface area contributed by atoms with E-state index in [4.69, 9.17) is 4.43 Å². The topological polar surface area (TPSA) is 9.23 Å². The minimum absolute atomic E-state index is 1.07. The van der Waals surface area contributed by atoms with E-state index in [1.165, 1.54) is 0 Å². The molecule has 0 aromatic heterocycles. The van der Waals surface area contributed by atoms with Crippen LogP contribution in [0, 0.1) is 0 Å². The fourth-order valence-corrected chi connectivity index (χ4v) is 16.7. The van der Waals surface area contributed by atoms with Gasteiger partial charge in [-0.1, -0.05) is 44.1 Å². The maximum atomic E-state index is 6.15. The van der Waals surface area contributed by atoms with Gasteiger partial charge in [0.1, 0.15) is 10.2 Å². The normalized spacial score (nSPS) is 13.6. The van der Waals surface area contributed by atoms with Crippen LogP contribution in [0.1, 0.15) is 0 Å². The molecule has 5 heteroatoms. The number of rotatable bonds is 4. The van der Waals surface area contributed by atoms with Crippen molar-refractivity contribution in [3.8, 4) is 0 Å². The van der Waals surface area contributed by atoms with Crippen LogP contribution in [0.3, 0.4) is 0 Å². The second-order valence-electron chi connectivity index (χ2n) is 7.42. The van der Waals surface area contributed by atoms with Crippen LogP contribution in [0.25, 0.3) is 0 Å². The second kappa shape index (κ2) is 4.95. The Morgan fingerprint density at radius 2 is 1.06 bits per heavy atom. The molecule has 0 spiro atoms. The molecule has 0 saturated heterocycles. The van der Waals surface area contributed by atoms with Crippen molar-refractivity contribution in [1.82, 2.24) is 0 Å². The van der Waals surface area contributed by atoms with E-state index in [2.05, 4.69) is 69.2 Å². The van der Waals surface area contributed by atoms with Crippen LogP contribution in [0.4, 0.5) is 0 Å². The zero-order chi connectivity index (χ0) is 13.4. The van der Waals surface area contributed by atoms with E-state index in [0.717, 1.165) is 5.38 Å². The Bertz CT molecular complexity index is 260. The molecule has 0 heterocycles. The predicted molar refractivity (Wildman–Crippen MR) is 83.9 cm³/mol. The molecule has 0 aliphatic rings. The van der Waals surface area contributed by atoms with E-state index in [1.54, 1.807) is 4.82 Å². The molecule has 0 atom stereocenters. The third kappa shape index (κ3) is 5.65. The van der Waals surface area contributed by atoms with Crippen LogP contribution in [0.15, 0.2) is 10.2 Å². The molecule has 0 fully saturated rings. The fraction of sp³-hybridized carbons (Fsp3) is 0.818. The van der Waals surface area contributed by atoms with Crippen LogP contribution in [0.5, 0.6) is 0 Å². The number of hydrogen-bond acceptors (Lipinski definition) is 1. The lowest BCUT2D eigenvalue weighted by atomic mass is 11.1. The van der Waals surface area contributed by atoms with E-state index in [9.17, 15) is 0 Å². The molecule has 0 aromatic rings. The monoisotopic (exact) mass is 287 g/mol. The summed E-state index contributed by atoms with van der Waals surface area (Å²) in [5.41, 5.74) is 0. The van der Waals surface area contributed by atoms with Crippen LogP contribution in [-0.4, -0.2) is 34.7 Å². The predicted octanol–water partition coefficient (Wildman–Crippen LogP) is 3.97. The average molecular weight is 288 g/mol. The van der Waals surface area contributed by atoms with Crippen molar-refractivity contribution in [3.05, 3.63) is 10.2 Å². The van der Waals surface area contributed by atoms with Crippen molar-refractivity contribution in [1.29, 1.82) is 0 Å². The van der Waals surface area contributed by atoms with Gasteiger partial charge in [0, 0.05) is 5.38 Å². The van der Waals surface area contributed by atoms with E-state index in [0.29, 0.717) is 0 Å². The minimum Gasteiger partial charge on any atom is -0.553 e. The van der Waals surface area contributed by atoms with Gasteiger partial charge in [0.25, 0.3) is 0 Å². The van der Waals surface area contributed by atoms with Gasteiger partial charge in [-0.3, -0.25) is 0 Å². The fourth-order valence-electron chi connectivity index (χ4n) is 2.16. The highest BCUT2D eigenvalue weighted by Crippen LogP contribution is 2.29. The molecule has 0 rings (SSSR count). The summed E-state index contributed by atoms with van der Waals surface area (Å²) in [5.74, 6) is 0. The molecular formula is C11H27OSi4. The standard InChI is InChI=1S/C11H27OSi4/c1-14(2,3)11(15(4,5)6)10(13)12-16(7,8)9/h1-9H3. The first-order valence-corrected chi connectivity index (χ1v) is 16.8. The van der Waals surface area contributed by atoms with Crippen LogP contribution >= 0.6 is 0 Å². The van der Waals surface area contributed by atoms with Crippen molar-refractivity contribution >= 4 is 34.7 Å². The van der Waals surface area contributed by atoms with E-state index in [1.807, 2.05) is 0 Å². The van der Waals surface area contributed by atoms with Crippen molar-refractivity contribution in [2.24, 2.45) is 0 Å². The average Bonchev–Trinajstić information content (AvgIpc) is 1.70. The van der Waals surface area contributed by atoms with Gasteiger partial charge in [0.2, 0.25) is 8.32 Å². The summed E-state index contributed by atoms with van der Waals surface area (Å²) in [6, 6.07) is 0. The molecule has 0 aliphatic heterocycles. The number of hydrogen-bond donors (Lipinski definition) is 0. The molecule has 0 saturated carbocycles. The zero-order valence-corrected chi connectivity index (χ0v) is 16.4. The molecule has 0 bridgehead atoms. The first-order valence-electron chi connectivity index (χ1n) is 5.91. The molecule has 0 N–H and O–H groups in total. The van der Waals surface area contributed by atoms with Crippen molar-refractivity contribution in [2.75, 3.05) is 0 Å². The first-order chi connectivity index (χ1) is 6.75. The molecule has 1 nitrogen and oxygen atoms in total. The maximum absolute atomic E-state index is 6.15. The first kappa shape index (κ1) is 16.4. The highest BCUT2D eigenvalue weighted by molar-refractivity contribution is 7.05. The van der Waals surface area contributed by atoms with Gasteiger partial charge in [0.05, 0.1) is 16.1 Å². The van der Waals surface area contributed by atoms with Gasteiger partial charge in [-0.15, -0.1) is 0 Å². The molecule has 0 aliphatic carbocycles. The van der Waals surface area contributed by atoms with Crippen molar-refractivity contribution in [3.63, 3.8) is 0 Å². The minimum atomic E-state index is -1.50. The Kier molecular flexibility index (Phi) is 5.08. The molecule has 93 valence electrons. The Labute approximate surface area is 108 Å². The molecular weight excluding hydrogens is 260 g/mol. The van der Waals surface area contributed by atoms with Gasteiger partial charge < -0.3 is 4.43 Å². The van der Waals surface area contributed by atoms with E-state index < -0.39 is 24.5 Å². The van der Waals surface area contributed by atoms with Gasteiger partial charge in [-0.2, -0.15) is 0 Å². The smallest absolute Gasteiger partial charge is 0.241 e. The Hall–Kier alpha value is 0.408. The van der Waals surface area contributed by atoms with Gasteiger partial charge in [-0.05, 0) is 19.6 Å². The summed E-state index contributed by atoms with van der Waals surface area (Å²) in [5, 5.41) is 1.07. The summed E-state index contributed by atoms with van der Waals surface area (Å²) < 4.78 is 6.15. The highest BCUT2D eigenvalue weighted by Gasteiger charge is 2.34. The maximum Gasteiger partial charge on any atom is 0.241 e. The van der Waals surface area contributed by atoms with Gasteiger partial charge >= 0.3 is 0 Å². The molecule has 0 unspecified atom stereocenters. The lowest BCUT2D eigenvalue weighted by molar-refractivity contribution is 0.459. The summed E-state index contributed by atoms with van der Waals surface area (Å²) in [4.78, 5) is 1.62. The summed E-state index contributed by atoms with van der Waals surface area (Å²) >= 11 is 0. The van der Waals surface area contributed by atoms with E-state index >= 15 is 0 Å². The third-order valence-corrected chi connectivity index (χ3v) is 12.0. The lowest BCUT2D eigenvalue weighted by Gasteiger charge is -2.35. The van der Waals surface area contributed by atoms with Crippen LogP contribution in [-0.2, 0) is 4.43 Å². The van der Waals surface area contributed by atoms with Gasteiger partial charge in [-0.25, -0.2) is 0 Å². The van der Waals surface area contributed by atoms with Crippen LogP contribution < -0.4 is 0 Å². The highest BCUT2D eigenvalue weighted by atomic mass is 28.4. The summed E-state index contributed by atoms with van der Waals surface area (Å²) in [7, 11) is -0.323. The Morgan fingerprint density at radius 3 is 1.25 bits per heavy atom. The lowest BCUT2D eigenvalue weighted by Crippen LogP contribution is -2.42. The zero-order valence-electron chi connectivity index (χ0n) is 12.4. The SMILES string of the molecule is C[Si](C)(C)OC([Si])=C([Si](C)(C)C)[Si](C)(C)C. The molecule has 16 heavy (non-hydrogen) atoms. The largest absolute Gasteiger partial charge is 0.553 e. The summed E-state index contributed by atoms with van der Waals surface area (Å²) in [6.07, 6.45) is 0. The van der Waals surface area contributed by atoms with Gasteiger partial charge in [0.15, 0.2) is 0 Å². The van der Waals surface area contributed by atoms with Crippen LogP contribution in [0.2, 0.25) is 58.9 Å². The molecule has 3 radical (unpaired) electrons. The second-order valence-corrected chi connectivity index (χ2v) is 22.8. The van der Waals surface area contributed by atoms with Crippen molar-refractivity contribution in [2.45, 2.75) is 58.9 Å². The summed E-state index contributed by atoms with van der Waals surface area (Å²) in [6.45, 7) is 21.2. The quantitative estimate of drug-likeness (QED) is 0.561. The molecule has 0 aromatic carbocycles. The van der Waals surface area contributed by atoms with Crippen molar-refractivity contribution < 1.29 is 4.43 Å². The van der Waals surface area contributed by atoms with E-state index in [-0.39, 0.29) is 0 Å².